The molecule has 34 heavy (non-hydrogen) atoms. The molecule has 4 heteroatoms. The molecule has 0 aromatic heterocycles. The summed E-state index contributed by atoms with van der Waals surface area (Å²) in [5, 5.41) is 0. The lowest BCUT2D eigenvalue weighted by molar-refractivity contribution is -0.132. The maximum Gasteiger partial charge on any atom is 0.143 e. The van der Waals surface area contributed by atoms with E-state index >= 15 is 0 Å². The minimum atomic E-state index is -0.354. The maximum atomic E-state index is 11.9. The van der Waals surface area contributed by atoms with Crippen molar-refractivity contribution >= 4 is 11.6 Å². The van der Waals surface area contributed by atoms with Gasteiger partial charge in [-0.25, -0.2) is 0 Å². The van der Waals surface area contributed by atoms with Crippen LogP contribution >= 0.6 is 0 Å². The quantitative estimate of drug-likeness (QED) is 0.157. The van der Waals surface area contributed by atoms with E-state index < -0.39 is 0 Å². The van der Waals surface area contributed by atoms with E-state index in [0.29, 0.717) is 19.4 Å². The van der Waals surface area contributed by atoms with Crippen LogP contribution in [0.5, 0.6) is 11.5 Å². The third kappa shape index (κ3) is 11.0. The molecule has 0 bridgehead atoms. The first-order valence-electron chi connectivity index (χ1n) is 13.1. The van der Waals surface area contributed by atoms with Crippen LogP contribution in [0, 0.1) is 5.92 Å². The fourth-order valence-electron chi connectivity index (χ4n) is 4.07. The number of hydrogen-bond acceptors (Lipinski definition) is 4. The second-order valence-electron chi connectivity index (χ2n) is 8.90. The SMILES string of the molecule is CCC(=O)C(CCCCCCCCCCOc1ccc(OCc2ccccc2)cc1)C(=O)CC. The van der Waals surface area contributed by atoms with E-state index in [-0.39, 0.29) is 17.5 Å². The Morgan fingerprint density at radius 3 is 1.71 bits per heavy atom. The Labute approximate surface area is 206 Å². The summed E-state index contributed by atoms with van der Waals surface area (Å²) in [6.07, 6.45) is 10.9. The third-order valence-electron chi connectivity index (χ3n) is 6.20. The van der Waals surface area contributed by atoms with Gasteiger partial charge in [-0.05, 0) is 42.7 Å². The zero-order valence-electron chi connectivity index (χ0n) is 21.1. The highest BCUT2D eigenvalue weighted by molar-refractivity contribution is 6.02. The summed E-state index contributed by atoms with van der Waals surface area (Å²) < 4.78 is 11.7. The molecule has 0 fully saturated rings. The summed E-state index contributed by atoms with van der Waals surface area (Å²) in [4.78, 5) is 23.9. The first-order chi connectivity index (χ1) is 16.6. The second-order valence-corrected chi connectivity index (χ2v) is 8.90. The van der Waals surface area contributed by atoms with Crippen LogP contribution in [0.15, 0.2) is 54.6 Å². The Morgan fingerprint density at radius 2 is 1.15 bits per heavy atom. The fourth-order valence-corrected chi connectivity index (χ4v) is 4.07. The van der Waals surface area contributed by atoms with Gasteiger partial charge in [0, 0.05) is 12.8 Å². The number of hydrogen-bond donors (Lipinski definition) is 0. The van der Waals surface area contributed by atoms with Gasteiger partial charge in [-0.15, -0.1) is 0 Å². The molecule has 0 aliphatic rings. The van der Waals surface area contributed by atoms with E-state index in [1.165, 1.54) is 32.1 Å². The molecule has 0 radical (unpaired) electrons. The molecule has 0 spiro atoms. The Balaban J connectivity index is 1.46. The summed E-state index contributed by atoms with van der Waals surface area (Å²) in [6, 6.07) is 18.0. The van der Waals surface area contributed by atoms with Gasteiger partial charge in [-0.1, -0.05) is 89.1 Å². The summed E-state index contributed by atoms with van der Waals surface area (Å²) in [5.74, 6) is 1.60. The summed E-state index contributed by atoms with van der Waals surface area (Å²) in [5.41, 5.74) is 1.16. The van der Waals surface area contributed by atoms with Crippen molar-refractivity contribution in [3.8, 4) is 11.5 Å². The molecule has 0 amide bonds. The first-order valence-corrected chi connectivity index (χ1v) is 13.1. The van der Waals surface area contributed by atoms with Gasteiger partial charge in [0.15, 0.2) is 0 Å². The minimum Gasteiger partial charge on any atom is -0.494 e. The van der Waals surface area contributed by atoms with Crippen LogP contribution in [0.2, 0.25) is 0 Å². The summed E-state index contributed by atoms with van der Waals surface area (Å²) in [6.45, 7) is 5.01. The predicted molar refractivity (Wildman–Crippen MR) is 138 cm³/mol. The number of ketones is 2. The van der Waals surface area contributed by atoms with Gasteiger partial charge >= 0.3 is 0 Å². The van der Waals surface area contributed by atoms with Crippen molar-refractivity contribution in [2.24, 2.45) is 5.92 Å². The molecular weight excluding hydrogens is 424 g/mol. The molecule has 4 nitrogen and oxygen atoms in total. The molecule has 186 valence electrons. The largest absolute Gasteiger partial charge is 0.494 e. The Morgan fingerprint density at radius 1 is 0.647 bits per heavy atom. The van der Waals surface area contributed by atoms with E-state index in [1.807, 2.05) is 56.3 Å². The van der Waals surface area contributed by atoms with Gasteiger partial charge in [0.25, 0.3) is 0 Å². The molecule has 0 saturated carbocycles. The maximum absolute atomic E-state index is 11.9. The number of ether oxygens (including phenoxy) is 2. The van der Waals surface area contributed by atoms with Gasteiger partial charge in [0.1, 0.15) is 29.7 Å². The van der Waals surface area contributed by atoms with Crippen LogP contribution in [0.3, 0.4) is 0 Å². The molecule has 0 N–H and O–H groups in total. The average molecular weight is 467 g/mol. The lowest BCUT2D eigenvalue weighted by atomic mass is 9.90. The van der Waals surface area contributed by atoms with E-state index in [0.717, 1.165) is 49.4 Å². The van der Waals surface area contributed by atoms with Gasteiger partial charge in [0.2, 0.25) is 0 Å². The number of carbonyl (C=O) groups excluding carboxylic acids is 2. The second kappa shape index (κ2) is 16.9. The molecule has 0 aliphatic heterocycles. The van der Waals surface area contributed by atoms with Crippen molar-refractivity contribution in [1.82, 2.24) is 0 Å². The van der Waals surface area contributed by atoms with Crippen LogP contribution in [0.1, 0.15) is 90.0 Å². The molecule has 0 unspecified atom stereocenters. The minimum absolute atomic E-state index is 0.112. The number of benzene rings is 2. The lowest BCUT2D eigenvalue weighted by Crippen LogP contribution is -2.22. The Hall–Kier alpha value is -2.62. The van der Waals surface area contributed by atoms with Crippen molar-refractivity contribution < 1.29 is 19.1 Å². The molecular formula is C30H42O4. The van der Waals surface area contributed by atoms with Gasteiger partial charge in [-0.2, -0.15) is 0 Å². The van der Waals surface area contributed by atoms with Crippen LogP contribution in [0.4, 0.5) is 0 Å². The van der Waals surface area contributed by atoms with Gasteiger partial charge < -0.3 is 9.47 Å². The number of carbonyl (C=O) groups is 2. The van der Waals surface area contributed by atoms with E-state index in [1.54, 1.807) is 0 Å². The standard InChI is InChI=1S/C30H42O4/c1-3-29(31)28(30(32)4-2)18-14-9-7-5-6-8-10-15-23-33-26-19-21-27(22-20-26)34-24-25-16-12-11-13-17-25/h11-13,16-17,19-22,28H,3-10,14-15,18,23-24H2,1-2H3. The smallest absolute Gasteiger partial charge is 0.143 e. The third-order valence-corrected chi connectivity index (χ3v) is 6.20. The Bertz CT molecular complexity index is 797. The van der Waals surface area contributed by atoms with Crippen molar-refractivity contribution in [2.45, 2.75) is 91.1 Å². The molecule has 2 aromatic rings. The van der Waals surface area contributed by atoms with E-state index in [2.05, 4.69) is 12.1 Å². The fraction of sp³-hybridized carbons (Fsp3) is 0.533. The molecule has 2 rings (SSSR count). The van der Waals surface area contributed by atoms with E-state index in [9.17, 15) is 9.59 Å². The van der Waals surface area contributed by atoms with Crippen LogP contribution in [0.25, 0.3) is 0 Å². The Kier molecular flexibility index (Phi) is 13.7. The van der Waals surface area contributed by atoms with Gasteiger partial charge in [0.05, 0.1) is 12.5 Å². The highest BCUT2D eigenvalue weighted by atomic mass is 16.5. The number of rotatable bonds is 19. The molecule has 2 aromatic carbocycles. The molecule has 0 aliphatic carbocycles. The predicted octanol–water partition coefficient (Wildman–Crippen LogP) is 7.73. The number of unbranched alkanes of at least 4 members (excludes halogenated alkanes) is 7. The molecule has 0 heterocycles. The zero-order valence-corrected chi connectivity index (χ0v) is 21.1. The zero-order chi connectivity index (χ0) is 24.4. The topological polar surface area (TPSA) is 52.6 Å². The van der Waals surface area contributed by atoms with Crippen molar-refractivity contribution in [2.75, 3.05) is 6.61 Å². The van der Waals surface area contributed by atoms with E-state index in [4.69, 9.17) is 9.47 Å². The summed E-state index contributed by atoms with van der Waals surface area (Å²) in [7, 11) is 0. The average Bonchev–Trinajstić information content (AvgIpc) is 2.88. The van der Waals surface area contributed by atoms with Crippen LogP contribution < -0.4 is 9.47 Å². The summed E-state index contributed by atoms with van der Waals surface area (Å²) >= 11 is 0. The first kappa shape index (κ1) is 27.6. The van der Waals surface area contributed by atoms with Crippen LogP contribution in [-0.2, 0) is 16.2 Å². The highest BCUT2D eigenvalue weighted by Gasteiger charge is 2.22. The van der Waals surface area contributed by atoms with Crippen molar-refractivity contribution in [3.63, 3.8) is 0 Å². The van der Waals surface area contributed by atoms with Crippen molar-refractivity contribution in [3.05, 3.63) is 60.2 Å². The number of Topliss-reactive ketones (excluding diaryl/α,β-unsaturated/α-hetero) is 2. The van der Waals surface area contributed by atoms with Crippen LogP contribution in [-0.4, -0.2) is 18.2 Å². The molecule has 0 saturated heterocycles. The molecule has 0 atom stereocenters. The lowest BCUT2D eigenvalue weighted by Gasteiger charge is -2.12. The van der Waals surface area contributed by atoms with Gasteiger partial charge in [-0.3, -0.25) is 9.59 Å². The highest BCUT2D eigenvalue weighted by Crippen LogP contribution is 2.20. The van der Waals surface area contributed by atoms with Crippen molar-refractivity contribution in [1.29, 1.82) is 0 Å². The normalized spacial score (nSPS) is 10.9. The monoisotopic (exact) mass is 466 g/mol.